The second-order valence-corrected chi connectivity index (χ2v) is 10.6. The molecule has 1 unspecified atom stereocenters. The Kier molecular flexibility index (Phi) is 20.5. The van der Waals surface area contributed by atoms with Crippen LogP contribution in [0.3, 0.4) is 0 Å². The monoisotopic (exact) mass is 534 g/mol. The van der Waals surface area contributed by atoms with E-state index in [1.807, 2.05) is 0 Å². The number of carbonyl (C=O) groups excluding carboxylic acids is 2. The Bertz CT molecular complexity index is 842. The van der Waals surface area contributed by atoms with Crippen LogP contribution in [-0.4, -0.2) is 37.0 Å². The maximum absolute atomic E-state index is 12.5. The molecule has 36 heavy (non-hydrogen) atoms. The van der Waals surface area contributed by atoms with E-state index in [-0.39, 0.29) is 53.7 Å². The number of carbonyl (C=O) groups is 2. The topological polar surface area (TPSA) is 110 Å². The van der Waals surface area contributed by atoms with Crippen LogP contribution in [0.25, 0.3) is 0 Å². The third kappa shape index (κ3) is 15.4. The molecule has 1 aromatic rings. The van der Waals surface area contributed by atoms with Gasteiger partial charge in [-0.2, -0.15) is 0 Å². The zero-order valence-corrected chi connectivity index (χ0v) is 25.3. The first-order valence-corrected chi connectivity index (χ1v) is 14.7. The fourth-order valence-corrected chi connectivity index (χ4v) is 4.61. The largest absolute Gasteiger partial charge is 1.00 e. The molecule has 0 aliphatic heterocycles. The molecule has 1 atom stereocenters. The van der Waals surface area contributed by atoms with Gasteiger partial charge in [0.15, 0.2) is 5.44 Å². The fourth-order valence-electron chi connectivity index (χ4n) is 3.88. The average molecular weight is 535 g/mol. The molecule has 0 N–H and O–H groups in total. The Morgan fingerprint density at radius 3 is 1.64 bits per heavy atom. The standard InChI is InChI=1S/C27H44O7S.Na/c1-3-5-6-7-8-9-10-11-12-13-14-15-18-22-33-26(28)23-20-16-17-21-24(23)27(29)34-25(19-4-2)35(30,31)32;/h16-17,20-21,25H,3-15,18-19,22H2,1-2H3,(H,30,31,32);/q;+1/p-1. The van der Waals surface area contributed by atoms with E-state index in [4.69, 9.17) is 9.47 Å². The number of rotatable bonds is 20. The molecular weight excluding hydrogens is 491 g/mol. The van der Waals surface area contributed by atoms with Crippen molar-refractivity contribution >= 4 is 22.1 Å². The van der Waals surface area contributed by atoms with Crippen molar-refractivity contribution < 1.29 is 61.6 Å². The second-order valence-electron chi connectivity index (χ2n) is 9.04. The number of unbranched alkanes of at least 4 members (excludes halogenated alkanes) is 12. The molecule has 0 radical (unpaired) electrons. The number of esters is 2. The van der Waals surface area contributed by atoms with Crippen LogP contribution in [0.5, 0.6) is 0 Å². The zero-order valence-electron chi connectivity index (χ0n) is 22.5. The van der Waals surface area contributed by atoms with Crippen molar-refractivity contribution in [2.45, 2.75) is 116 Å². The Balaban J connectivity index is 0.0000122. The van der Waals surface area contributed by atoms with Crippen LogP contribution >= 0.6 is 0 Å². The van der Waals surface area contributed by atoms with E-state index in [2.05, 4.69) is 6.92 Å². The van der Waals surface area contributed by atoms with E-state index < -0.39 is 27.5 Å². The van der Waals surface area contributed by atoms with Gasteiger partial charge in [-0.3, -0.25) is 0 Å². The van der Waals surface area contributed by atoms with Crippen LogP contribution in [0.1, 0.15) is 131 Å². The van der Waals surface area contributed by atoms with Gasteiger partial charge < -0.3 is 14.0 Å². The average Bonchev–Trinajstić information content (AvgIpc) is 2.83. The van der Waals surface area contributed by atoms with Crippen molar-refractivity contribution in [3.05, 3.63) is 35.4 Å². The van der Waals surface area contributed by atoms with Gasteiger partial charge in [-0.05, 0) is 25.0 Å². The summed E-state index contributed by atoms with van der Waals surface area (Å²) in [6.07, 6.45) is 16.1. The third-order valence-corrected chi connectivity index (χ3v) is 6.91. The molecule has 0 saturated carbocycles. The summed E-state index contributed by atoms with van der Waals surface area (Å²) in [5.74, 6) is -1.70. The summed E-state index contributed by atoms with van der Waals surface area (Å²) in [6, 6.07) is 5.88. The summed E-state index contributed by atoms with van der Waals surface area (Å²) in [6.45, 7) is 4.16. The van der Waals surface area contributed by atoms with Gasteiger partial charge in [0.05, 0.1) is 17.7 Å². The minimum Gasteiger partial charge on any atom is -0.745 e. The van der Waals surface area contributed by atoms with Crippen molar-refractivity contribution in [1.29, 1.82) is 0 Å². The molecule has 0 heterocycles. The van der Waals surface area contributed by atoms with Gasteiger partial charge in [-0.15, -0.1) is 0 Å². The summed E-state index contributed by atoms with van der Waals surface area (Å²) in [5.41, 5.74) is -1.91. The summed E-state index contributed by atoms with van der Waals surface area (Å²) in [7, 11) is -4.81. The maximum Gasteiger partial charge on any atom is 1.00 e. The van der Waals surface area contributed by atoms with E-state index in [9.17, 15) is 22.6 Å². The Hall–Kier alpha value is -0.930. The number of ether oxygens (including phenoxy) is 2. The first kappa shape index (κ1) is 35.1. The summed E-state index contributed by atoms with van der Waals surface area (Å²) >= 11 is 0. The molecule has 0 saturated heterocycles. The van der Waals surface area contributed by atoms with Crippen LogP contribution in [0.15, 0.2) is 24.3 Å². The molecule has 0 amide bonds. The van der Waals surface area contributed by atoms with Gasteiger partial charge in [-0.1, -0.05) is 109 Å². The molecule has 1 rings (SSSR count). The van der Waals surface area contributed by atoms with Gasteiger partial charge in [0, 0.05) is 0 Å². The van der Waals surface area contributed by atoms with Gasteiger partial charge >= 0.3 is 41.5 Å². The Morgan fingerprint density at radius 1 is 0.750 bits per heavy atom. The van der Waals surface area contributed by atoms with Crippen molar-refractivity contribution in [2.24, 2.45) is 0 Å². The minimum atomic E-state index is -4.81. The van der Waals surface area contributed by atoms with Crippen LogP contribution in [-0.2, 0) is 19.6 Å². The van der Waals surface area contributed by atoms with Gasteiger partial charge in [-0.25, -0.2) is 18.0 Å². The van der Waals surface area contributed by atoms with E-state index in [0.717, 1.165) is 19.3 Å². The molecule has 0 aromatic heterocycles. The number of hydrogen-bond acceptors (Lipinski definition) is 7. The predicted molar refractivity (Wildman–Crippen MR) is 136 cm³/mol. The number of hydrogen-bond donors (Lipinski definition) is 0. The van der Waals surface area contributed by atoms with Crippen molar-refractivity contribution in [3.63, 3.8) is 0 Å². The fraction of sp³-hybridized carbons (Fsp3) is 0.704. The first-order valence-electron chi connectivity index (χ1n) is 13.2. The smallest absolute Gasteiger partial charge is 0.745 e. The molecule has 0 aliphatic rings. The van der Waals surface area contributed by atoms with Gasteiger partial charge in [0.25, 0.3) is 0 Å². The molecule has 0 aliphatic carbocycles. The molecule has 7 nitrogen and oxygen atoms in total. The van der Waals surface area contributed by atoms with Crippen LogP contribution in [0, 0.1) is 0 Å². The summed E-state index contributed by atoms with van der Waals surface area (Å²) in [5, 5.41) is 0. The first-order chi connectivity index (χ1) is 16.8. The molecule has 0 bridgehead atoms. The van der Waals surface area contributed by atoms with E-state index in [0.29, 0.717) is 6.42 Å². The molecule has 0 spiro atoms. The van der Waals surface area contributed by atoms with Crippen LogP contribution in [0.4, 0.5) is 0 Å². The van der Waals surface area contributed by atoms with Crippen molar-refractivity contribution in [2.75, 3.05) is 6.61 Å². The molecule has 9 heteroatoms. The number of benzene rings is 1. The van der Waals surface area contributed by atoms with Crippen LogP contribution in [0.2, 0.25) is 0 Å². The summed E-state index contributed by atoms with van der Waals surface area (Å²) < 4.78 is 44.2. The Morgan fingerprint density at radius 2 is 1.19 bits per heavy atom. The normalized spacial score (nSPS) is 12.0. The predicted octanol–water partition coefficient (Wildman–Crippen LogP) is 3.77. The Labute approximate surface area is 240 Å². The third-order valence-electron chi connectivity index (χ3n) is 5.93. The second kappa shape index (κ2) is 21.1. The molecule has 0 fully saturated rings. The van der Waals surface area contributed by atoms with Gasteiger partial charge in [0.1, 0.15) is 10.1 Å². The molecule has 200 valence electrons. The SMILES string of the molecule is CCCCCCCCCCCCCCCOC(=O)c1ccccc1C(=O)OC(CCC)S(=O)(=O)[O-].[Na+]. The van der Waals surface area contributed by atoms with Crippen molar-refractivity contribution in [3.8, 4) is 0 Å². The molecular formula is C27H43NaO7S. The maximum atomic E-state index is 12.5. The summed E-state index contributed by atoms with van der Waals surface area (Å²) in [4.78, 5) is 25.0. The van der Waals surface area contributed by atoms with Gasteiger partial charge in [0.2, 0.25) is 0 Å². The van der Waals surface area contributed by atoms with E-state index in [1.165, 1.54) is 82.4 Å². The zero-order chi connectivity index (χ0) is 25.9. The van der Waals surface area contributed by atoms with E-state index >= 15 is 0 Å². The van der Waals surface area contributed by atoms with Crippen molar-refractivity contribution in [1.82, 2.24) is 0 Å². The van der Waals surface area contributed by atoms with Crippen LogP contribution < -0.4 is 29.6 Å². The minimum absolute atomic E-state index is 0. The molecule has 1 aromatic carbocycles. The van der Waals surface area contributed by atoms with E-state index in [1.54, 1.807) is 13.0 Å². The quantitative estimate of drug-likeness (QED) is 0.108.